The molecule has 0 spiro atoms. The van der Waals surface area contributed by atoms with Crippen molar-refractivity contribution in [3.05, 3.63) is 29.7 Å². The summed E-state index contributed by atoms with van der Waals surface area (Å²) in [5.74, 6) is -0.597. The number of halogens is 3. The second-order valence-corrected chi connectivity index (χ2v) is 5.30. The van der Waals surface area contributed by atoms with Gasteiger partial charge in [0.15, 0.2) is 0 Å². The molecule has 20 heavy (non-hydrogen) atoms. The van der Waals surface area contributed by atoms with E-state index < -0.39 is 36.3 Å². The molecule has 0 aromatic heterocycles. The van der Waals surface area contributed by atoms with Gasteiger partial charge in [-0.25, -0.2) is 0 Å². The molecule has 112 valence electrons. The molecule has 0 bridgehead atoms. The van der Waals surface area contributed by atoms with E-state index in [4.69, 9.17) is 5.48 Å². The third-order valence-electron chi connectivity index (χ3n) is 3.79. The van der Waals surface area contributed by atoms with Gasteiger partial charge < -0.3 is 4.74 Å². The largest absolute Gasteiger partial charge is 0.573 e. The molecule has 2 rings (SSSR count). The first-order valence-corrected chi connectivity index (χ1v) is 7.01. The molecule has 1 nitrogen and oxygen atoms in total. The fraction of sp³-hybridized carbons (Fsp3) is 0.625. The van der Waals surface area contributed by atoms with Crippen LogP contribution < -0.4 is 4.74 Å². The summed E-state index contributed by atoms with van der Waals surface area (Å²) in [5, 5.41) is 0. The lowest BCUT2D eigenvalue weighted by molar-refractivity contribution is -0.274. The van der Waals surface area contributed by atoms with Crippen LogP contribution >= 0.6 is 0 Å². The van der Waals surface area contributed by atoms with E-state index in [1.807, 2.05) is 0 Å². The first kappa shape index (κ1) is 10.5. The van der Waals surface area contributed by atoms with E-state index in [-0.39, 0.29) is 11.5 Å². The highest BCUT2D eigenvalue weighted by molar-refractivity contribution is 5.29. The van der Waals surface area contributed by atoms with Gasteiger partial charge in [-0.3, -0.25) is 0 Å². The summed E-state index contributed by atoms with van der Waals surface area (Å²) in [4.78, 5) is 0. The maximum Gasteiger partial charge on any atom is 0.573 e. The van der Waals surface area contributed by atoms with Gasteiger partial charge in [-0.15, -0.1) is 13.2 Å². The molecule has 0 heterocycles. The van der Waals surface area contributed by atoms with Crippen LogP contribution in [0.3, 0.4) is 0 Å². The van der Waals surface area contributed by atoms with E-state index >= 15 is 0 Å². The molecule has 1 aromatic rings. The third kappa shape index (κ3) is 4.43. The zero-order valence-electron chi connectivity index (χ0n) is 15.4. The van der Waals surface area contributed by atoms with Crippen LogP contribution in [0.2, 0.25) is 0 Å². The van der Waals surface area contributed by atoms with Gasteiger partial charge >= 0.3 is 6.36 Å². The number of alkyl halides is 3. The van der Waals surface area contributed by atoms with Crippen LogP contribution in [0.5, 0.6) is 5.75 Å². The van der Waals surface area contributed by atoms with Crippen molar-refractivity contribution < 1.29 is 23.4 Å². The van der Waals surface area contributed by atoms with Crippen molar-refractivity contribution >= 4 is 0 Å². The van der Waals surface area contributed by atoms with E-state index in [1.165, 1.54) is 0 Å². The molecule has 1 aliphatic carbocycles. The van der Waals surface area contributed by atoms with Gasteiger partial charge in [-0.1, -0.05) is 31.9 Å². The molecular weight excluding hydrogens is 265 g/mol. The molecule has 0 amide bonds. The minimum absolute atomic E-state index is 0.147. The van der Waals surface area contributed by atoms with E-state index in [1.54, 1.807) is 0 Å². The molecular formula is C16H21F3O. The van der Waals surface area contributed by atoms with E-state index in [0.29, 0.717) is 5.92 Å². The number of hydrogen-bond acceptors (Lipinski definition) is 1. The van der Waals surface area contributed by atoms with Gasteiger partial charge in [-0.2, -0.15) is 0 Å². The lowest BCUT2D eigenvalue weighted by atomic mass is 9.77. The molecule has 1 aliphatic rings. The fourth-order valence-corrected chi connectivity index (χ4v) is 2.83. The molecule has 0 unspecified atom stereocenters. The molecule has 0 radical (unpaired) electrons. The molecule has 1 fully saturated rings. The van der Waals surface area contributed by atoms with Gasteiger partial charge in [0.2, 0.25) is 0 Å². The summed E-state index contributed by atoms with van der Waals surface area (Å²) < 4.78 is 72.5. The lowest BCUT2D eigenvalue weighted by Crippen LogP contribution is -2.17. The Hall–Kier alpha value is -1.19. The van der Waals surface area contributed by atoms with Crippen molar-refractivity contribution in [1.82, 2.24) is 0 Å². The molecule has 0 aliphatic heterocycles. The highest BCUT2D eigenvalue weighted by Gasteiger charge is 2.31. The zero-order chi connectivity index (χ0) is 18.1. The van der Waals surface area contributed by atoms with Gasteiger partial charge in [0.05, 0.1) is 5.48 Å². The topological polar surface area (TPSA) is 9.23 Å². The Labute approximate surface area is 123 Å². The summed E-state index contributed by atoms with van der Waals surface area (Å²) >= 11 is 0. The minimum atomic E-state index is -5.05. The van der Waals surface area contributed by atoms with Crippen LogP contribution in [0.25, 0.3) is 0 Å². The average Bonchev–Trinajstić information content (AvgIpc) is 2.51. The molecule has 4 heteroatoms. The van der Waals surface area contributed by atoms with E-state index in [0.717, 1.165) is 38.5 Å². The van der Waals surface area contributed by atoms with Crippen LogP contribution in [-0.4, -0.2) is 6.36 Å². The van der Waals surface area contributed by atoms with Gasteiger partial charge in [0, 0.05) is 0 Å². The maximum absolute atomic E-state index is 12.4. The monoisotopic (exact) mass is 290 g/mol. The first-order chi connectivity index (χ1) is 11.2. The van der Waals surface area contributed by atoms with E-state index in [9.17, 15) is 13.2 Å². The summed E-state index contributed by atoms with van der Waals surface area (Å²) in [6.07, 6.45) is 0.531. The summed E-state index contributed by atoms with van der Waals surface area (Å²) in [6, 6.07) is -2.37. The quantitative estimate of drug-likeness (QED) is 0.695. The summed E-state index contributed by atoms with van der Waals surface area (Å²) in [7, 11) is 0. The number of ether oxygens (including phenoxy) is 1. The molecule has 0 N–H and O–H groups in total. The number of rotatable bonds is 4. The van der Waals surface area contributed by atoms with Crippen molar-refractivity contribution in [2.24, 2.45) is 5.92 Å². The van der Waals surface area contributed by atoms with Crippen LogP contribution in [0.4, 0.5) is 13.2 Å². The summed E-state index contributed by atoms with van der Waals surface area (Å²) in [5.41, 5.74) is 0.217. The average molecular weight is 290 g/mol. The van der Waals surface area contributed by atoms with Crippen molar-refractivity contribution in [2.75, 3.05) is 0 Å². The van der Waals surface area contributed by atoms with Crippen LogP contribution in [0.15, 0.2) is 24.2 Å². The summed E-state index contributed by atoms with van der Waals surface area (Å²) in [6.45, 7) is 2.12. The first-order valence-electron chi connectivity index (χ1n) is 9.01. The smallest absolute Gasteiger partial charge is 0.406 e. The Morgan fingerprint density at radius 3 is 2.25 bits per heavy atom. The van der Waals surface area contributed by atoms with Crippen molar-refractivity contribution in [2.45, 2.75) is 57.7 Å². The Bertz CT molecular complexity index is 567. The highest BCUT2D eigenvalue weighted by atomic mass is 19.4. The van der Waals surface area contributed by atoms with Crippen LogP contribution in [0, 0.1) is 5.92 Å². The van der Waals surface area contributed by atoms with Gasteiger partial charge in [-0.05, 0) is 55.2 Å². The normalized spacial score (nSPS) is 26.4. The fourth-order valence-electron chi connectivity index (χ4n) is 2.83. The zero-order valence-corrected chi connectivity index (χ0v) is 11.4. The Kier molecular flexibility index (Phi) is 3.42. The Balaban J connectivity index is 2.33. The van der Waals surface area contributed by atoms with Gasteiger partial charge in [0.25, 0.3) is 0 Å². The molecule has 1 saturated carbocycles. The van der Waals surface area contributed by atoms with Crippen molar-refractivity contribution in [1.29, 1.82) is 0 Å². The minimum Gasteiger partial charge on any atom is -0.406 e. The maximum atomic E-state index is 12.4. The SMILES string of the molecule is [2H]c1c([2H])c(C2CCC(CCC)CC2)c([2H])c([2H])c1OC(F)(F)F. The third-order valence-corrected chi connectivity index (χ3v) is 3.79. The standard InChI is InChI=1S/C16H21F3O/c1-2-3-12-4-6-13(7-5-12)14-8-10-15(11-9-14)20-16(17,18)19/h8-13H,2-7H2,1H3/i8D,9D,10D,11D. The van der Waals surface area contributed by atoms with Crippen molar-refractivity contribution in [3.63, 3.8) is 0 Å². The molecule has 0 atom stereocenters. The van der Waals surface area contributed by atoms with Crippen LogP contribution in [0.1, 0.15) is 62.4 Å². The Morgan fingerprint density at radius 1 is 1.15 bits per heavy atom. The highest BCUT2D eigenvalue weighted by Crippen LogP contribution is 2.38. The van der Waals surface area contributed by atoms with E-state index in [2.05, 4.69) is 11.7 Å². The Morgan fingerprint density at radius 2 is 1.75 bits per heavy atom. The molecule has 0 saturated heterocycles. The number of hydrogen-bond donors (Lipinski definition) is 0. The second kappa shape index (κ2) is 6.51. The van der Waals surface area contributed by atoms with Crippen molar-refractivity contribution in [3.8, 4) is 5.75 Å². The number of benzene rings is 1. The molecule has 1 aromatic carbocycles. The predicted octanol–water partition coefficient (Wildman–Crippen LogP) is 5.66. The van der Waals surface area contributed by atoms with Crippen LogP contribution in [-0.2, 0) is 0 Å². The lowest BCUT2D eigenvalue weighted by Gasteiger charge is -2.28. The predicted molar refractivity (Wildman–Crippen MR) is 72.7 cm³/mol. The second-order valence-electron chi connectivity index (χ2n) is 5.30. The van der Waals surface area contributed by atoms with Gasteiger partial charge in [0.1, 0.15) is 5.75 Å².